The molecule has 2 heterocycles. The summed E-state index contributed by atoms with van der Waals surface area (Å²) in [5.74, 6) is 0.986. The van der Waals surface area contributed by atoms with Gasteiger partial charge >= 0.3 is 6.98 Å². The summed E-state index contributed by atoms with van der Waals surface area (Å²) in [6.45, 7) is 4.51. The molecule has 4 heteroatoms. The Kier molecular flexibility index (Phi) is 6.24. The van der Waals surface area contributed by atoms with Crippen LogP contribution in [0.4, 0.5) is 11.5 Å². The minimum absolute atomic E-state index is 0.0666. The molecule has 0 saturated carbocycles. The second-order valence-corrected chi connectivity index (χ2v) is 9.73. The molecule has 0 amide bonds. The van der Waals surface area contributed by atoms with Crippen molar-refractivity contribution in [2.24, 2.45) is 0 Å². The van der Waals surface area contributed by atoms with Crippen molar-refractivity contribution < 1.29 is 0 Å². The maximum atomic E-state index is 4.83. The molecule has 1 saturated heterocycles. The summed E-state index contributed by atoms with van der Waals surface area (Å²) in [6, 6.07) is 45.8. The van der Waals surface area contributed by atoms with Gasteiger partial charge in [-0.1, -0.05) is 115 Å². The van der Waals surface area contributed by atoms with Gasteiger partial charge in [-0.15, -0.1) is 0 Å². The van der Waals surface area contributed by atoms with E-state index in [1.54, 1.807) is 0 Å². The van der Waals surface area contributed by atoms with Gasteiger partial charge in [-0.05, 0) is 48.6 Å². The lowest BCUT2D eigenvalue weighted by Crippen LogP contribution is -2.42. The largest absolute Gasteiger partial charge is 0.387 e. The third-order valence-corrected chi connectivity index (χ3v) is 7.44. The number of pyridine rings is 1. The summed E-state index contributed by atoms with van der Waals surface area (Å²) in [5.41, 5.74) is 7.54. The number of aryl methyl sites for hydroxylation is 1. The van der Waals surface area contributed by atoms with E-state index in [1.165, 1.54) is 33.5 Å². The summed E-state index contributed by atoms with van der Waals surface area (Å²) in [6.07, 6.45) is 1.89. The molecule has 1 aliphatic heterocycles. The van der Waals surface area contributed by atoms with Crippen LogP contribution in [0.15, 0.2) is 134 Å². The van der Waals surface area contributed by atoms with Crippen LogP contribution in [0.5, 0.6) is 0 Å². The first kappa shape index (κ1) is 23.1. The fourth-order valence-electron chi connectivity index (χ4n) is 5.76. The lowest BCUT2D eigenvalue weighted by atomic mass is 9.75. The third kappa shape index (κ3) is 4.29. The smallest absolute Gasteiger partial charge is 0.374 e. The van der Waals surface area contributed by atoms with E-state index in [0.717, 1.165) is 5.82 Å². The fourth-order valence-corrected chi connectivity index (χ4v) is 5.76. The fraction of sp³-hybridized carbons (Fsp3) is 0.121. The van der Waals surface area contributed by atoms with E-state index in [0.29, 0.717) is 0 Å². The van der Waals surface area contributed by atoms with Gasteiger partial charge in [-0.2, -0.15) is 0 Å². The molecular weight excluding hydrogens is 449 g/mol. The van der Waals surface area contributed by atoms with Crippen LogP contribution in [0.25, 0.3) is 11.1 Å². The summed E-state index contributed by atoms with van der Waals surface area (Å²) in [7, 11) is 0. The highest BCUT2D eigenvalue weighted by Gasteiger charge is 2.50. The number of anilines is 2. The van der Waals surface area contributed by atoms with Crippen molar-refractivity contribution in [1.29, 1.82) is 0 Å². The minimum atomic E-state index is 0.0666. The second kappa shape index (κ2) is 9.98. The van der Waals surface area contributed by atoms with Crippen molar-refractivity contribution in [3.05, 3.63) is 150 Å². The van der Waals surface area contributed by atoms with E-state index < -0.39 is 0 Å². The van der Waals surface area contributed by atoms with Gasteiger partial charge in [0.15, 0.2) is 0 Å². The topological polar surface area (TPSA) is 19.4 Å². The zero-order chi connectivity index (χ0) is 25.2. The van der Waals surface area contributed by atoms with Crippen molar-refractivity contribution in [3.63, 3.8) is 0 Å². The van der Waals surface area contributed by atoms with Gasteiger partial charge in [0.1, 0.15) is 5.82 Å². The van der Waals surface area contributed by atoms with Crippen LogP contribution in [0.2, 0.25) is 6.82 Å². The molecule has 1 aromatic heterocycles. The Bertz CT molecular complexity index is 1460. The SMILES string of the molecule is CB1N(c2ccccn2)[C@@H](c2ccccc2)[C@H](c2ccccc2)N1c1ccccc1-c1ccc(C)cc1. The van der Waals surface area contributed by atoms with Crippen LogP contribution in [-0.4, -0.2) is 12.0 Å². The van der Waals surface area contributed by atoms with E-state index in [-0.39, 0.29) is 19.1 Å². The maximum absolute atomic E-state index is 4.83. The van der Waals surface area contributed by atoms with Crippen molar-refractivity contribution in [2.45, 2.75) is 25.8 Å². The number of nitrogens with zero attached hydrogens (tertiary/aromatic N) is 3. The second-order valence-electron chi connectivity index (χ2n) is 9.73. The van der Waals surface area contributed by atoms with Crippen molar-refractivity contribution in [3.8, 4) is 11.1 Å². The van der Waals surface area contributed by atoms with E-state index >= 15 is 0 Å². The highest BCUT2D eigenvalue weighted by Crippen LogP contribution is 2.50. The standard InChI is InChI=1S/C33H30BN3/c1-25-20-22-26(23-21-25)29-17-9-10-18-30(29)36-32(27-13-5-3-6-14-27)33(28-15-7-4-8-16-28)37(34(36)2)31-19-11-12-24-35-31/h3-24,32-33H,1-2H3/t32-,33-/m0/s1. The number of para-hydroxylation sites is 1. The summed E-state index contributed by atoms with van der Waals surface area (Å²) < 4.78 is 0. The molecule has 0 bridgehead atoms. The Morgan fingerprint density at radius 1 is 0.595 bits per heavy atom. The minimum Gasteiger partial charge on any atom is -0.387 e. The van der Waals surface area contributed by atoms with Gasteiger partial charge in [0.05, 0.1) is 12.1 Å². The molecule has 180 valence electrons. The zero-order valence-electron chi connectivity index (χ0n) is 21.3. The number of hydrogen-bond donors (Lipinski definition) is 0. The first-order valence-corrected chi connectivity index (χ1v) is 13.0. The van der Waals surface area contributed by atoms with Gasteiger partial charge in [0.2, 0.25) is 0 Å². The molecule has 2 atom stereocenters. The zero-order valence-corrected chi connectivity index (χ0v) is 21.3. The van der Waals surface area contributed by atoms with Crippen molar-refractivity contribution in [1.82, 2.24) is 4.98 Å². The quantitative estimate of drug-likeness (QED) is 0.238. The number of aromatic nitrogens is 1. The monoisotopic (exact) mass is 479 g/mol. The molecule has 37 heavy (non-hydrogen) atoms. The van der Waals surface area contributed by atoms with Gasteiger partial charge in [0.25, 0.3) is 0 Å². The Hall–Kier alpha value is -4.31. The van der Waals surface area contributed by atoms with E-state index in [1.807, 2.05) is 12.3 Å². The summed E-state index contributed by atoms with van der Waals surface area (Å²) in [5, 5.41) is 0. The first-order valence-electron chi connectivity index (χ1n) is 13.0. The number of rotatable bonds is 5. The molecule has 0 spiro atoms. The average Bonchev–Trinajstić information content (AvgIpc) is 3.27. The lowest BCUT2D eigenvalue weighted by Gasteiger charge is -2.33. The van der Waals surface area contributed by atoms with Crippen LogP contribution < -0.4 is 9.62 Å². The summed E-state index contributed by atoms with van der Waals surface area (Å²) in [4.78, 5) is 9.91. The molecule has 4 aromatic carbocycles. The predicted molar refractivity (Wildman–Crippen MR) is 156 cm³/mol. The number of benzene rings is 4. The van der Waals surface area contributed by atoms with E-state index in [4.69, 9.17) is 4.98 Å². The summed E-state index contributed by atoms with van der Waals surface area (Å²) >= 11 is 0. The van der Waals surface area contributed by atoms with Gasteiger partial charge < -0.3 is 9.62 Å². The molecular formula is C33H30BN3. The number of hydrogen-bond acceptors (Lipinski definition) is 3. The molecule has 0 aliphatic carbocycles. The highest BCUT2D eigenvalue weighted by molar-refractivity contribution is 6.67. The molecule has 0 unspecified atom stereocenters. The molecule has 1 aliphatic rings. The van der Waals surface area contributed by atoms with Gasteiger partial charge in [0, 0.05) is 17.4 Å². The molecule has 5 aromatic rings. The Labute approximate surface area is 220 Å². The normalized spacial score (nSPS) is 17.3. The molecule has 6 rings (SSSR count). The lowest BCUT2D eigenvalue weighted by molar-refractivity contribution is 0.616. The van der Waals surface area contributed by atoms with Gasteiger partial charge in [-0.25, -0.2) is 4.98 Å². The van der Waals surface area contributed by atoms with Crippen LogP contribution in [0, 0.1) is 6.92 Å². The van der Waals surface area contributed by atoms with Crippen molar-refractivity contribution >= 4 is 18.5 Å². The first-order chi connectivity index (χ1) is 18.2. The molecule has 1 fully saturated rings. The van der Waals surface area contributed by atoms with Gasteiger partial charge in [-0.3, -0.25) is 0 Å². The van der Waals surface area contributed by atoms with Crippen LogP contribution >= 0.6 is 0 Å². The van der Waals surface area contributed by atoms with Crippen LogP contribution in [-0.2, 0) is 0 Å². The third-order valence-electron chi connectivity index (χ3n) is 7.44. The van der Waals surface area contributed by atoms with E-state index in [2.05, 4.69) is 145 Å². The molecule has 0 N–H and O–H groups in total. The van der Waals surface area contributed by atoms with E-state index in [9.17, 15) is 0 Å². The Balaban J connectivity index is 1.59. The highest BCUT2D eigenvalue weighted by atomic mass is 15.4. The maximum Gasteiger partial charge on any atom is 0.374 e. The predicted octanol–water partition coefficient (Wildman–Crippen LogP) is 7.98. The van der Waals surface area contributed by atoms with Crippen LogP contribution in [0.1, 0.15) is 28.8 Å². The molecule has 3 nitrogen and oxygen atoms in total. The average molecular weight is 479 g/mol. The Morgan fingerprint density at radius 3 is 1.78 bits per heavy atom. The van der Waals surface area contributed by atoms with Crippen LogP contribution in [0.3, 0.4) is 0 Å². The van der Waals surface area contributed by atoms with Crippen molar-refractivity contribution in [2.75, 3.05) is 9.62 Å². The molecule has 0 radical (unpaired) electrons. The Morgan fingerprint density at radius 2 is 1.16 bits per heavy atom.